The van der Waals surface area contributed by atoms with Crippen molar-refractivity contribution in [3.05, 3.63) is 0 Å². The fraction of sp³-hybridized carbons (Fsp3) is 0.429. The number of hydrogen-bond acceptors (Lipinski definition) is 5. The fourth-order valence-electron chi connectivity index (χ4n) is 0.954. The molecule has 0 aromatic heterocycles. The van der Waals surface area contributed by atoms with Gasteiger partial charge in [-0.05, 0) is 0 Å². The highest BCUT2D eigenvalue weighted by atomic mass is 19.1. The van der Waals surface area contributed by atoms with Crippen molar-refractivity contribution in [2.24, 2.45) is 0 Å². The first-order valence-electron chi connectivity index (χ1n) is 3.79. The molecule has 7 nitrogen and oxygen atoms in total. The molecule has 0 spiro atoms. The largest absolute Gasteiger partial charge is 0.436 e. The molecule has 1 aliphatic heterocycles. The zero-order valence-electron chi connectivity index (χ0n) is 7.54. The van der Waals surface area contributed by atoms with Crippen molar-refractivity contribution in [1.29, 1.82) is 5.26 Å². The maximum atomic E-state index is 13.6. The summed E-state index contributed by atoms with van der Waals surface area (Å²) in [5.74, 6) is -2.38. The van der Waals surface area contributed by atoms with Gasteiger partial charge in [0, 0.05) is 6.92 Å². The van der Waals surface area contributed by atoms with Crippen LogP contribution >= 0.6 is 0 Å². The van der Waals surface area contributed by atoms with Crippen molar-refractivity contribution in [3.63, 3.8) is 0 Å². The molecule has 0 aliphatic carbocycles. The van der Waals surface area contributed by atoms with Crippen LogP contribution in [0.5, 0.6) is 0 Å². The first-order valence-corrected chi connectivity index (χ1v) is 3.79. The number of nitrogens with one attached hydrogen (secondary N) is 2. The van der Waals surface area contributed by atoms with Crippen LogP contribution in [-0.2, 0) is 14.3 Å². The number of hydrogen-bond donors (Lipinski definition) is 2. The standard InChI is InChI=1S/C7H6FN3O4/c1-3(12)15-5-7(8,2-9)4(13)10-6(14)11-5/h5H,1H3,(H2,10,11,13,14). The number of amides is 3. The summed E-state index contributed by atoms with van der Waals surface area (Å²) in [6, 6.07) is 0.00280. The van der Waals surface area contributed by atoms with Gasteiger partial charge in [-0.3, -0.25) is 20.2 Å². The van der Waals surface area contributed by atoms with Crippen LogP contribution in [0.4, 0.5) is 9.18 Å². The van der Waals surface area contributed by atoms with Crippen LogP contribution in [0.15, 0.2) is 0 Å². The lowest BCUT2D eigenvalue weighted by Crippen LogP contribution is -2.67. The van der Waals surface area contributed by atoms with Crippen LogP contribution in [-0.4, -0.2) is 29.8 Å². The van der Waals surface area contributed by atoms with Gasteiger partial charge in [0.2, 0.25) is 6.23 Å². The number of nitriles is 1. The van der Waals surface area contributed by atoms with E-state index in [9.17, 15) is 18.8 Å². The molecule has 1 rings (SSSR count). The number of rotatable bonds is 1. The fourth-order valence-corrected chi connectivity index (χ4v) is 0.954. The van der Waals surface area contributed by atoms with Gasteiger partial charge in [-0.1, -0.05) is 0 Å². The van der Waals surface area contributed by atoms with Crippen molar-refractivity contribution in [3.8, 4) is 6.07 Å². The molecule has 1 fully saturated rings. The van der Waals surface area contributed by atoms with E-state index < -0.39 is 29.8 Å². The SMILES string of the molecule is CC(=O)OC1NC(=O)NC(=O)C1(F)C#N. The van der Waals surface area contributed by atoms with E-state index in [1.54, 1.807) is 5.32 Å². The molecule has 2 N–H and O–H groups in total. The normalized spacial score (nSPS) is 29.8. The molecule has 1 saturated heterocycles. The maximum absolute atomic E-state index is 13.6. The lowest BCUT2D eigenvalue weighted by molar-refractivity contribution is -0.160. The van der Waals surface area contributed by atoms with Crippen LogP contribution in [0.3, 0.4) is 0 Å². The Labute approximate surface area is 83.2 Å². The van der Waals surface area contributed by atoms with Gasteiger partial charge in [0.1, 0.15) is 6.07 Å². The van der Waals surface area contributed by atoms with Crippen LogP contribution in [0.25, 0.3) is 0 Å². The van der Waals surface area contributed by atoms with Gasteiger partial charge in [-0.2, -0.15) is 5.26 Å². The van der Waals surface area contributed by atoms with Crippen molar-refractivity contribution < 1.29 is 23.5 Å². The van der Waals surface area contributed by atoms with Crippen LogP contribution < -0.4 is 10.6 Å². The quantitative estimate of drug-likeness (QED) is 0.542. The molecule has 3 amide bonds. The van der Waals surface area contributed by atoms with Gasteiger partial charge in [-0.25, -0.2) is 9.18 Å². The summed E-state index contributed by atoms with van der Waals surface area (Å²) < 4.78 is 17.9. The zero-order valence-corrected chi connectivity index (χ0v) is 7.54. The summed E-state index contributed by atoms with van der Waals surface area (Å²) >= 11 is 0. The van der Waals surface area contributed by atoms with Crippen molar-refractivity contribution in [2.75, 3.05) is 0 Å². The van der Waals surface area contributed by atoms with Crippen LogP contribution in [0, 0.1) is 11.3 Å². The number of carbonyl (C=O) groups is 3. The average molecular weight is 215 g/mol. The zero-order chi connectivity index (χ0) is 11.6. The van der Waals surface area contributed by atoms with Gasteiger partial charge in [0.25, 0.3) is 5.91 Å². The van der Waals surface area contributed by atoms with Crippen molar-refractivity contribution in [2.45, 2.75) is 18.8 Å². The van der Waals surface area contributed by atoms with E-state index in [0.29, 0.717) is 0 Å². The molecule has 0 aromatic carbocycles. The first kappa shape index (κ1) is 10.9. The average Bonchev–Trinajstić information content (AvgIpc) is 2.12. The Bertz CT molecular complexity index is 375. The molecular weight excluding hydrogens is 209 g/mol. The second kappa shape index (κ2) is 3.53. The van der Waals surface area contributed by atoms with E-state index in [-0.39, 0.29) is 0 Å². The molecule has 2 atom stereocenters. The van der Waals surface area contributed by atoms with Gasteiger partial charge in [0.15, 0.2) is 0 Å². The summed E-state index contributed by atoms with van der Waals surface area (Å²) in [5, 5.41) is 11.8. The summed E-state index contributed by atoms with van der Waals surface area (Å²) in [6.45, 7) is 0.955. The monoisotopic (exact) mass is 215 g/mol. The lowest BCUT2D eigenvalue weighted by atomic mass is 10.0. The highest BCUT2D eigenvalue weighted by molar-refractivity contribution is 6.03. The van der Waals surface area contributed by atoms with Gasteiger partial charge in [0.05, 0.1) is 0 Å². The topological polar surface area (TPSA) is 108 Å². The van der Waals surface area contributed by atoms with E-state index >= 15 is 0 Å². The Hall–Kier alpha value is -2.17. The Morgan fingerprint density at radius 2 is 2.27 bits per heavy atom. The number of urea groups is 1. The molecule has 1 heterocycles. The van der Waals surface area contributed by atoms with E-state index in [0.717, 1.165) is 13.0 Å². The third-order valence-corrected chi connectivity index (χ3v) is 1.63. The molecule has 80 valence electrons. The molecular formula is C7H6FN3O4. The van der Waals surface area contributed by atoms with Crippen molar-refractivity contribution >= 4 is 17.9 Å². The van der Waals surface area contributed by atoms with E-state index in [1.807, 2.05) is 5.32 Å². The summed E-state index contributed by atoms with van der Waals surface area (Å²) in [4.78, 5) is 32.3. The smallest absolute Gasteiger partial charge is 0.328 e. The van der Waals surface area contributed by atoms with Gasteiger partial charge in [-0.15, -0.1) is 0 Å². The number of halogens is 1. The Kier molecular flexibility index (Phi) is 2.57. The van der Waals surface area contributed by atoms with Crippen LogP contribution in [0.2, 0.25) is 0 Å². The summed E-state index contributed by atoms with van der Waals surface area (Å²) in [7, 11) is 0. The minimum absolute atomic E-state index is 0.924. The minimum Gasteiger partial charge on any atom is -0.436 e. The molecule has 15 heavy (non-hydrogen) atoms. The third-order valence-electron chi connectivity index (χ3n) is 1.63. The number of nitrogens with zero attached hydrogens (tertiary/aromatic N) is 1. The number of esters is 1. The Morgan fingerprint density at radius 1 is 1.67 bits per heavy atom. The van der Waals surface area contributed by atoms with Crippen molar-refractivity contribution in [1.82, 2.24) is 10.6 Å². The van der Waals surface area contributed by atoms with E-state index in [4.69, 9.17) is 5.26 Å². The van der Waals surface area contributed by atoms with E-state index in [1.165, 1.54) is 0 Å². The summed E-state index contributed by atoms with van der Waals surface area (Å²) in [6.07, 6.45) is -1.93. The number of alkyl halides is 1. The highest BCUT2D eigenvalue weighted by Gasteiger charge is 2.54. The third kappa shape index (κ3) is 1.85. The van der Waals surface area contributed by atoms with Gasteiger partial charge < -0.3 is 4.74 Å². The lowest BCUT2D eigenvalue weighted by Gasteiger charge is -2.30. The number of imide groups is 1. The molecule has 2 unspecified atom stereocenters. The maximum Gasteiger partial charge on any atom is 0.328 e. The molecule has 8 heteroatoms. The predicted molar refractivity (Wildman–Crippen MR) is 41.7 cm³/mol. The molecule has 0 radical (unpaired) electrons. The molecule has 1 aliphatic rings. The highest BCUT2D eigenvalue weighted by Crippen LogP contribution is 2.20. The Morgan fingerprint density at radius 3 is 2.73 bits per heavy atom. The second-order valence-corrected chi connectivity index (χ2v) is 2.74. The first-order chi connectivity index (χ1) is 6.90. The minimum atomic E-state index is -3.11. The van der Waals surface area contributed by atoms with Crippen LogP contribution in [0.1, 0.15) is 6.92 Å². The molecule has 0 bridgehead atoms. The molecule has 0 saturated carbocycles. The number of carbonyl (C=O) groups excluding carboxylic acids is 3. The number of ether oxygens (including phenoxy) is 1. The second-order valence-electron chi connectivity index (χ2n) is 2.74. The van der Waals surface area contributed by atoms with E-state index in [2.05, 4.69) is 4.74 Å². The Balaban J connectivity index is 2.99. The predicted octanol–water partition coefficient (Wildman–Crippen LogP) is -1.05. The summed E-state index contributed by atoms with van der Waals surface area (Å²) in [5.41, 5.74) is -3.11. The molecule has 0 aromatic rings. The van der Waals surface area contributed by atoms with Gasteiger partial charge >= 0.3 is 17.7 Å².